The molecule has 0 atom stereocenters. The van der Waals surface area contributed by atoms with Gasteiger partial charge in [0.2, 0.25) is 0 Å². The zero-order chi connectivity index (χ0) is 21.7. The van der Waals surface area contributed by atoms with Crippen molar-refractivity contribution in [2.45, 2.75) is 0 Å². The lowest BCUT2D eigenvalue weighted by Crippen LogP contribution is -2.31. The molecule has 2 aromatic rings. The van der Waals surface area contributed by atoms with Crippen LogP contribution in [0.25, 0.3) is 0 Å². The first-order valence-electron chi connectivity index (χ1n) is 8.94. The molecule has 0 saturated carbocycles. The van der Waals surface area contributed by atoms with Crippen molar-refractivity contribution in [1.82, 2.24) is 4.90 Å². The number of amides is 1. The molecule has 1 aliphatic rings. The number of β-amino-alcohol motifs (C(OH)–C–C–N with tert-alkyl or cyclic N) is 1. The number of benzene rings is 2. The van der Waals surface area contributed by atoms with Crippen LogP contribution in [-0.2, 0) is 14.3 Å². The Morgan fingerprint density at radius 1 is 1.17 bits per heavy atom. The van der Waals surface area contributed by atoms with E-state index in [0.717, 1.165) is 0 Å². The number of aliphatic hydroxyl groups excluding tert-OH is 1. The molecule has 0 aliphatic carbocycles. The van der Waals surface area contributed by atoms with E-state index in [4.69, 9.17) is 14.6 Å². The Morgan fingerprint density at radius 3 is 2.30 bits per heavy atom. The largest absolute Gasteiger partial charge is 0.466 e. The number of esters is 1. The van der Waals surface area contributed by atoms with Crippen LogP contribution in [-0.4, -0.2) is 53.6 Å². The summed E-state index contributed by atoms with van der Waals surface area (Å²) in [5, 5.41) is 22.7. The number of nitrogens with zero attached hydrogens (tertiary/aromatic N) is 2. The summed E-state index contributed by atoms with van der Waals surface area (Å²) >= 11 is 0. The first-order valence-corrected chi connectivity index (χ1v) is 8.94. The number of nitrogens with one attached hydrogen (secondary N) is 1. The number of carbonyl (C=O) groups is 2. The van der Waals surface area contributed by atoms with Gasteiger partial charge in [0.05, 0.1) is 30.8 Å². The highest BCUT2D eigenvalue weighted by Gasteiger charge is 2.34. The quantitative estimate of drug-likeness (QED) is 0.382. The van der Waals surface area contributed by atoms with E-state index >= 15 is 0 Å². The molecule has 30 heavy (non-hydrogen) atoms. The number of nitro groups is 1. The van der Waals surface area contributed by atoms with Crippen molar-refractivity contribution in [3.05, 3.63) is 69.9 Å². The van der Waals surface area contributed by atoms with E-state index in [-0.39, 0.29) is 36.7 Å². The van der Waals surface area contributed by atoms with Crippen LogP contribution in [0.3, 0.4) is 0 Å². The smallest absolute Gasteiger partial charge is 0.337 e. The lowest BCUT2D eigenvalue weighted by molar-refractivity contribution is -0.384. The summed E-state index contributed by atoms with van der Waals surface area (Å²) in [4.78, 5) is 36.1. The Morgan fingerprint density at radius 2 is 1.77 bits per heavy atom. The summed E-state index contributed by atoms with van der Waals surface area (Å²) in [6.45, 7) is -0.0651. The highest BCUT2D eigenvalue weighted by Crippen LogP contribution is 2.27. The third-order valence-corrected chi connectivity index (χ3v) is 4.36. The van der Waals surface area contributed by atoms with Crippen molar-refractivity contribution >= 4 is 23.3 Å². The van der Waals surface area contributed by atoms with Gasteiger partial charge in [-0.3, -0.25) is 14.9 Å². The van der Waals surface area contributed by atoms with Gasteiger partial charge in [-0.25, -0.2) is 4.79 Å². The molecule has 0 unspecified atom stereocenters. The van der Waals surface area contributed by atoms with Crippen LogP contribution < -0.4 is 10.1 Å². The Kier molecular flexibility index (Phi) is 6.28. The van der Waals surface area contributed by atoms with Crippen molar-refractivity contribution in [2.75, 3.05) is 32.1 Å². The van der Waals surface area contributed by atoms with E-state index in [1.165, 1.54) is 36.3 Å². The standard InChI is InChI=1S/C20H19N3O7/c1-29-20(26)17-12-22(10-11-24)19(25)18(17)21-13-2-6-15(7-3-13)30-16-8-4-14(5-9-16)23(27)28/h2-9,21,24H,10-12H2,1H3. The molecule has 0 aromatic heterocycles. The molecule has 0 spiro atoms. The summed E-state index contributed by atoms with van der Waals surface area (Å²) < 4.78 is 10.4. The molecular weight excluding hydrogens is 394 g/mol. The molecule has 0 bridgehead atoms. The van der Waals surface area contributed by atoms with Crippen molar-refractivity contribution in [2.24, 2.45) is 0 Å². The van der Waals surface area contributed by atoms with Crippen LogP contribution in [0.4, 0.5) is 11.4 Å². The molecule has 2 aromatic carbocycles. The van der Waals surface area contributed by atoms with Crippen molar-refractivity contribution in [3.8, 4) is 11.5 Å². The highest BCUT2D eigenvalue weighted by atomic mass is 16.6. The minimum absolute atomic E-state index is 0.0342. The number of hydrogen-bond donors (Lipinski definition) is 2. The van der Waals surface area contributed by atoms with E-state index in [1.807, 2.05) is 0 Å². The van der Waals surface area contributed by atoms with E-state index in [0.29, 0.717) is 17.2 Å². The normalized spacial score (nSPS) is 13.4. The van der Waals surface area contributed by atoms with Gasteiger partial charge in [0.1, 0.15) is 17.2 Å². The van der Waals surface area contributed by atoms with Crippen LogP contribution in [0, 0.1) is 10.1 Å². The fourth-order valence-corrected chi connectivity index (χ4v) is 2.87. The summed E-state index contributed by atoms with van der Waals surface area (Å²) in [5.41, 5.74) is 0.788. The molecule has 1 heterocycles. The summed E-state index contributed by atoms with van der Waals surface area (Å²) in [6, 6.07) is 12.3. The van der Waals surface area contributed by atoms with Gasteiger partial charge in [0.15, 0.2) is 0 Å². The number of rotatable bonds is 8. The Balaban J connectivity index is 1.73. The van der Waals surface area contributed by atoms with Crippen LogP contribution >= 0.6 is 0 Å². The number of hydrogen-bond acceptors (Lipinski definition) is 8. The number of carbonyl (C=O) groups excluding carboxylic acids is 2. The van der Waals surface area contributed by atoms with E-state index < -0.39 is 16.8 Å². The van der Waals surface area contributed by atoms with Gasteiger partial charge in [-0.15, -0.1) is 0 Å². The molecule has 156 valence electrons. The average molecular weight is 413 g/mol. The second-order valence-electron chi connectivity index (χ2n) is 6.30. The van der Waals surface area contributed by atoms with E-state index in [2.05, 4.69) is 5.32 Å². The van der Waals surface area contributed by atoms with Gasteiger partial charge in [-0.05, 0) is 36.4 Å². The van der Waals surface area contributed by atoms with Crippen molar-refractivity contribution < 1.29 is 29.1 Å². The van der Waals surface area contributed by atoms with Crippen molar-refractivity contribution in [1.29, 1.82) is 0 Å². The molecular formula is C20H19N3O7. The zero-order valence-electron chi connectivity index (χ0n) is 16.0. The minimum atomic E-state index is -0.621. The van der Waals surface area contributed by atoms with E-state index in [9.17, 15) is 19.7 Å². The summed E-state index contributed by atoms with van der Waals surface area (Å²) in [5.74, 6) is -0.112. The second kappa shape index (κ2) is 9.05. The number of nitro benzene ring substituents is 1. The fourth-order valence-electron chi connectivity index (χ4n) is 2.87. The number of non-ortho nitro benzene ring substituents is 1. The van der Waals surface area contributed by atoms with Gasteiger partial charge in [0.25, 0.3) is 11.6 Å². The average Bonchev–Trinajstić information content (AvgIpc) is 3.05. The molecule has 0 fully saturated rings. The fraction of sp³-hybridized carbons (Fsp3) is 0.200. The molecule has 3 rings (SSSR count). The van der Waals surface area contributed by atoms with Gasteiger partial charge >= 0.3 is 5.97 Å². The van der Waals surface area contributed by atoms with Gasteiger partial charge in [-0.2, -0.15) is 0 Å². The maximum absolute atomic E-state index is 12.5. The summed E-state index contributed by atoms with van der Waals surface area (Å²) in [7, 11) is 1.23. The maximum Gasteiger partial charge on any atom is 0.337 e. The lowest BCUT2D eigenvalue weighted by Gasteiger charge is -2.15. The van der Waals surface area contributed by atoms with Gasteiger partial charge < -0.3 is 24.8 Å². The molecule has 1 aliphatic heterocycles. The maximum atomic E-state index is 12.5. The number of ether oxygens (including phenoxy) is 2. The molecule has 2 N–H and O–H groups in total. The zero-order valence-corrected chi connectivity index (χ0v) is 16.0. The predicted octanol–water partition coefficient (Wildman–Crippen LogP) is 2.06. The third-order valence-electron chi connectivity index (χ3n) is 4.36. The summed E-state index contributed by atoms with van der Waals surface area (Å²) in [6.07, 6.45) is 0. The number of aliphatic hydroxyl groups is 1. The SMILES string of the molecule is COC(=O)C1=C(Nc2ccc(Oc3ccc([N+](=O)[O-])cc3)cc2)C(=O)N(CCO)C1. The monoisotopic (exact) mass is 413 g/mol. The molecule has 1 amide bonds. The molecule has 10 nitrogen and oxygen atoms in total. The predicted molar refractivity (Wildman–Crippen MR) is 106 cm³/mol. The Hall–Kier alpha value is -3.92. The number of anilines is 1. The Bertz CT molecular complexity index is 984. The highest BCUT2D eigenvalue weighted by molar-refractivity contribution is 6.08. The van der Waals surface area contributed by atoms with Crippen LogP contribution in [0.15, 0.2) is 59.8 Å². The first-order chi connectivity index (χ1) is 14.4. The second-order valence-corrected chi connectivity index (χ2v) is 6.30. The minimum Gasteiger partial charge on any atom is -0.466 e. The van der Waals surface area contributed by atoms with Crippen molar-refractivity contribution in [3.63, 3.8) is 0 Å². The lowest BCUT2D eigenvalue weighted by atomic mass is 10.2. The first kappa shape index (κ1) is 20.8. The van der Waals surface area contributed by atoms with Gasteiger partial charge in [0, 0.05) is 24.4 Å². The molecule has 10 heteroatoms. The van der Waals surface area contributed by atoms with Crippen LogP contribution in [0.1, 0.15) is 0 Å². The third kappa shape index (κ3) is 4.55. The topological polar surface area (TPSA) is 131 Å². The molecule has 0 radical (unpaired) electrons. The molecule has 0 saturated heterocycles. The Labute approximate surface area is 171 Å². The van der Waals surface area contributed by atoms with E-state index in [1.54, 1.807) is 24.3 Å². The van der Waals surface area contributed by atoms with Gasteiger partial charge in [-0.1, -0.05) is 0 Å². The number of methoxy groups -OCH3 is 1. The van der Waals surface area contributed by atoms with Crippen LogP contribution in [0.2, 0.25) is 0 Å². The van der Waals surface area contributed by atoms with Crippen LogP contribution in [0.5, 0.6) is 11.5 Å².